The van der Waals surface area contributed by atoms with Crippen molar-refractivity contribution in [3.8, 4) is 0 Å². The van der Waals surface area contributed by atoms with Crippen LogP contribution in [0.2, 0.25) is 0 Å². The lowest BCUT2D eigenvalue weighted by atomic mass is 10.2. The second kappa shape index (κ2) is 7.66. The molecule has 19 heavy (non-hydrogen) atoms. The maximum atomic E-state index is 11.7. The van der Waals surface area contributed by atoms with Crippen LogP contribution in [-0.2, 0) is 9.84 Å². The molecule has 2 aliphatic heterocycles. The highest BCUT2D eigenvalue weighted by Crippen LogP contribution is 2.20. The molecule has 0 spiro atoms. The molecule has 0 aliphatic carbocycles. The van der Waals surface area contributed by atoms with Crippen molar-refractivity contribution in [3.63, 3.8) is 0 Å². The zero-order valence-electron chi connectivity index (χ0n) is 11.3. The zero-order chi connectivity index (χ0) is 13.0. The fourth-order valence-electron chi connectivity index (χ4n) is 2.66. The van der Waals surface area contributed by atoms with Gasteiger partial charge in [-0.3, -0.25) is 4.99 Å². The molecule has 0 amide bonds. The van der Waals surface area contributed by atoms with Crippen LogP contribution in [-0.4, -0.2) is 49.9 Å². The summed E-state index contributed by atoms with van der Waals surface area (Å²) in [6, 6.07) is 0. The number of halogens is 1. The maximum Gasteiger partial charge on any atom is 0.191 e. The lowest BCUT2D eigenvalue weighted by Crippen LogP contribution is -2.38. The molecule has 0 aromatic heterocycles. The minimum absolute atomic E-state index is 0. The standard InChI is InChI=1S/C12H23N3O2S.HI/c13-12(15-7-3-1-2-4-8-15)14-10-11-6-5-9-18(11,16)17;/h11H,1-10H2,(H2,13,14);1H. The molecule has 0 bridgehead atoms. The molecule has 1 atom stereocenters. The van der Waals surface area contributed by atoms with Gasteiger partial charge in [0.1, 0.15) is 0 Å². The number of aliphatic imine (C=N–C) groups is 1. The van der Waals surface area contributed by atoms with Gasteiger partial charge in [0.15, 0.2) is 15.8 Å². The van der Waals surface area contributed by atoms with Crippen LogP contribution in [0.5, 0.6) is 0 Å². The van der Waals surface area contributed by atoms with Crippen LogP contribution in [0.25, 0.3) is 0 Å². The molecule has 1 unspecified atom stereocenters. The van der Waals surface area contributed by atoms with E-state index in [0.717, 1.165) is 38.8 Å². The molecule has 5 nitrogen and oxygen atoms in total. The van der Waals surface area contributed by atoms with Crippen LogP contribution < -0.4 is 5.73 Å². The summed E-state index contributed by atoms with van der Waals surface area (Å²) in [5.74, 6) is 0.843. The highest BCUT2D eigenvalue weighted by Gasteiger charge is 2.31. The normalized spacial score (nSPS) is 27.7. The molecule has 2 fully saturated rings. The van der Waals surface area contributed by atoms with E-state index < -0.39 is 9.84 Å². The molecule has 112 valence electrons. The Morgan fingerprint density at radius 1 is 1.16 bits per heavy atom. The summed E-state index contributed by atoms with van der Waals surface area (Å²) >= 11 is 0. The first-order valence-corrected chi connectivity index (χ1v) is 8.57. The molecule has 0 aromatic carbocycles. The molecule has 0 radical (unpaired) electrons. The van der Waals surface area contributed by atoms with Crippen molar-refractivity contribution in [1.82, 2.24) is 4.90 Å². The smallest absolute Gasteiger partial charge is 0.191 e. The molecule has 0 saturated carbocycles. The lowest BCUT2D eigenvalue weighted by Gasteiger charge is -2.21. The van der Waals surface area contributed by atoms with Crippen LogP contribution in [0, 0.1) is 0 Å². The minimum atomic E-state index is -2.90. The number of guanidine groups is 1. The third kappa shape index (κ3) is 4.77. The van der Waals surface area contributed by atoms with E-state index in [0.29, 0.717) is 18.3 Å². The average Bonchev–Trinajstić information content (AvgIpc) is 2.58. The predicted octanol–water partition coefficient (Wildman–Crippen LogP) is 1.37. The SMILES string of the molecule is I.NC(=NCC1CCCS1(=O)=O)N1CCCCCC1. The van der Waals surface area contributed by atoms with E-state index in [9.17, 15) is 8.42 Å². The number of likely N-dealkylation sites (tertiary alicyclic amines) is 1. The van der Waals surface area contributed by atoms with E-state index in [2.05, 4.69) is 9.89 Å². The summed E-state index contributed by atoms with van der Waals surface area (Å²) in [6.07, 6.45) is 6.31. The Balaban J connectivity index is 0.00000180. The fraction of sp³-hybridized carbons (Fsp3) is 0.917. The van der Waals surface area contributed by atoms with Gasteiger partial charge in [-0.2, -0.15) is 0 Å². The Morgan fingerprint density at radius 3 is 2.32 bits per heavy atom. The van der Waals surface area contributed by atoms with Crippen molar-refractivity contribution >= 4 is 39.8 Å². The van der Waals surface area contributed by atoms with Gasteiger partial charge in [-0.1, -0.05) is 12.8 Å². The van der Waals surface area contributed by atoms with Crippen LogP contribution in [0.15, 0.2) is 4.99 Å². The van der Waals surface area contributed by atoms with Crippen molar-refractivity contribution < 1.29 is 8.42 Å². The molecule has 2 rings (SSSR count). The number of nitrogens with zero attached hydrogens (tertiary/aromatic N) is 2. The minimum Gasteiger partial charge on any atom is -0.370 e. The Hall–Kier alpha value is -0.0500. The Labute approximate surface area is 133 Å². The van der Waals surface area contributed by atoms with Gasteiger partial charge in [-0.05, 0) is 25.7 Å². The number of sulfone groups is 1. The molecular formula is C12H24IN3O2S. The predicted molar refractivity (Wildman–Crippen MR) is 88.8 cm³/mol. The molecule has 2 heterocycles. The zero-order valence-corrected chi connectivity index (χ0v) is 14.4. The van der Waals surface area contributed by atoms with E-state index in [1.165, 1.54) is 12.8 Å². The summed E-state index contributed by atoms with van der Waals surface area (Å²) in [5, 5.41) is -0.303. The van der Waals surface area contributed by atoms with Gasteiger partial charge in [0.25, 0.3) is 0 Å². The largest absolute Gasteiger partial charge is 0.370 e. The van der Waals surface area contributed by atoms with Gasteiger partial charge in [0.2, 0.25) is 0 Å². The first-order chi connectivity index (χ1) is 8.59. The fourth-order valence-corrected chi connectivity index (χ4v) is 4.39. The van der Waals surface area contributed by atoms with Gasteiger partial charge < -0.3 is 10.6 Å². The third-order valence-corrected chi connectivity index (χ3v) is 6.11. The highest BCUT2D eigenvalue weighted by molar-refractivity contribution is 14.0. The van der Waals surface area contributed by atoms with E-state index in [1.807, 2.05) is 0 Å². The molecule has 2 aliphatic rings. The number of nitrogens with two attached hydrogens (primary N) is 1. The number of hydrogen-bond acceptors (Lipinski definition) is 3. The molecule has 0 aromatic rings. The second-order valence-electron chi connectivity index (χ2n) is 5.23. The Bertz CT molecular complexity index is 403. The summed E-state index contributed by atoms with van der Waals surface area (Å²) < 4.78 is 23.4. The first-order valence-electron chi connectivity index (χ1n) is 6.86. The summed E-state index contributed by atoms with van der Waals surface area (Å²) in [6.45, 7) is 2.24. The van der Waals surface area contributed by atoms with Crippen molar-refractivity contribution in [3.05, 3.63) is 0 Å². The Morgan fingerprint density at radius 2 is 1.79 bits per heavy atom. The highest BCUT2D eigenvalue weighted by atomic mass is 127. The molecular weight excluding hydrogens is 377 g/mol. The molecule has 7 heteroatoms. The van der Waals surface area contributed by atoms with Crippen LogP contribution in [0.3, 0.4) is 0 Å². The van der Waals surface area contributed by atoms with E-state index in [4.69, 9.17) is 5.73 Å². The Kier molecular flexibility index (Phi) is 6.85. The summed E-state index contributed by atoms with van der Waals surface area (Å²) in [5.41, 5.74) is 5.97. The van der Waals surface area contributed by atoms with Crippen LogP contribution >= 0.6 is 24.0 Å². The van der Waals surface area contributed by atoms with Crippen molar-refractivity contribution in [2.45, 2.75) is 43.8 Å². The van der Waals surface area contributed by atoms with Gasteiger partial charge in [0.05, 0.1) is 17.5 Å². The number of rotatable bonds is 2. The van der Waals surface area contributed by atoms with Crippen molar-refractivity contribution in [2.24, 2.45) is 10.7 Å². The summed E-state index contributed by atoms with van der Waals surface area (Å²) in [7, 11) is -2.90. The lowest BCUT2D eigenvalue weighted by molar-refractivity contribution is 0.428. The van der Waals surface area contributed by atoms with Gasteiger partial charge in [0, 0.05) is 13.1 Å². The van der Waals surface area contributed by atoms with E-state index >= 15 is 0 Å². The quantitative estimate of drug-likeness (QED) is 0.431. The number of hydrogen-bond donors (Lipinski definition) is 1. The van der Waals surface area contributed by atoms with Crippen LogP contribution in [0.1, 0.15) is 38.5 Å². The van der Waals surface area contributed by atoms with E-state index in [-0.39, 0.29) is 29.2 Å². The first kappa shape index (κ1) is 17.0. The van der Waals surface area contributed by atoms with Gasteiger partial charge in [-0.15, -0.1) is 24.0 Å². The maximum absolute atomic E-state index is 11.7. The van der Waals surface area contributed by atoms with Gasteiger partial charge >= 0.3 is 0 Å². The van der Waals surface area contributed by atoms with Crippen molar-refractivity contribution in [1.29, 1.82) is 0 Å². The van der Waals surface area contributed by atoms with Gasteiger partial charge in [-0.25, -0.2) is 8.42 Å². The topological polar surface area (TPSA) is 75.8 Å². The van der Waals surface area contributed by atoms with Crippen LogP contribution in [0.4, 0.5) is 0 Å². The summed E-state index contributed by atoms with van der Waals surface area (Å²) in [4.78, 5) is 6.40. The molecule has 2 saturated heterocycles. The molecule has 2 N–H and O–H groups in total. The van der Waals surface area contributed by atoms with Crippen molar-refractivity contribution in [2.75, 3.05) is 25.4 Å². The average molecular weight is 401 g/mol. The third-order valence-electron chi connectivity index (χ3n) is 3.85. The second-order valence-corrected chi connectivity index (χ2v) is 7.63. The monoisotopic (exact) mass is 401 g/mol. The van der Waals surface area contributed by atoms with E-state index in [1.54, 1.807) is 0 Å².